The minimum absolute atomic E-state index is 0.396. The van der Waals surface area contributed by atoms with Crippen molar-refractivity contribution in [3.63, 3.8) is 0 Å². The molecule has 1 fully saturated rings. The molecule has 0 radical (unpaired) electrons. The van der Waals surface area contributed by atoms with Crippen molar-refractivity contribution in [2.75, 3.05) is 18.0 Å². The van der Waals surface area contributed by atoms with Gasteiger partial charge < -0.3 is 4.90 Å². The predicted octanol–water partition coefficient (Wildman–Crippen LogP) is 3.65. The van der Waals surface area contributed by atoms with Gasteiger partial charge in [-0.3, -0.25) is 0 Å². The highest BCUT2D eigenvalue weighted by Crippen LogP contribution is 2.30. The van der Waals surface area contributed by atoms with E-state index in [0.29, 0.717) is 19.0 Å². The Balaban J connectivity index is 2.31. The van der Waals surface area contributed by atoms with Crippen molar-refractivity contribution in [3.05, 3.63) is 23.5 Å². The Hall–Kier alpha value is -1.33. The number of aromatic nitrogens is 1. The number of halogens is 4. The van der Waals surface area contributed by atoms with Crippen LogP contribution in [-0.2, 0) is 0 Å². The quantitative estimate of drug-likeness (QED) is 0.605. The summed E-state index contributed by atoms with van der Waals surface area (Å²) in [7, 11) is 0. The van der Waals surface area contributed by atoms with E-state index in [4.69, 9.17) is 0 Å². The standard InChI is InChI=1S/C13H16F4N2/c1-2-8-4-3-6-19(7-5-8)11-9(14)12(16)18-13(17)10(11)15/h8H,2-7H2,1H3. The van der Waals surface area contributed by atoms with Gasteiger partial charge in [-0.25, -0.2) is 0 Å². The smallest absolute Gasteiger partial charge is 0.253 e. The predicted molar refractivity (Wildman–Crippen MR) is 63.9 cm³/mol. The van der Waals surface area contributed by atoms with Gasteiger partial charge in [0.2, 0.25) is 11.6 Å². The van der Waals surface area contributed by atoms with Crippen molar-refractivity contribution in [2.45, 2.75) is 32.6 Å². The van der Waals surface area contributed by atoms with Crippen molar-refractivity contribution < 1.29 is 17.6 Å². The summed E-state index contributed by atoms with van der Waals surface area (Å²) in [6.07, 6.45) is 3.48. The third kappa shape index (κ3) is 2.82. The molecule has 0 amide bonds. The van der Waals surface area contributed by atoms with Crippen LogP contribution in [0.5, 0.6) is 0 Å². The number of nitrogens with zero attached hydrogens (tertiary/aromatic N) is 2. The normalized spacial score (nSPS) is 20.5. The van der Waals surface area contributed by atoms with Crippen LogP contribution in [0.1, 0.15) is 32.6 Å². The number of anilines is 1. The number of hydrogen-bond donors (Lipinski definition) is 0. The number of hydrogen-bond acceptors (Lipinski definition) is 2. The van der Waals surface area contributed by atoms with Gasteiger partial charge in [0.15, 0.2) is 0 Å². The molecule has 0 aromatic carbocycles. The summed E-state index contributed by atoms with van der Waals surface area (Å²) in [5.74, 6) is -5.51. The second kappa shape index (κ2) is 5.75. The van der Waals surface area contributed by atoms with E-state index >= 15 is 0 Å². The fourth-order valence-electron chi connectivity index (χ4n) is 2.55. The van der Waals surface area contributed by atoms with Crippen molar-refractivity contribution in [3.8, 4) is 0 Å². The SMILES string of the molecule is CCC1CCCN(c2c(F)c(F)nc(F)c2F)CC1. The Kier molecular flexibility index (Phi) is 4.27. The average Bonchev–Trinajstić information content (AvgIpc) is 2.62. The van der Waals surface area contributed by atoms with Crippen molar-refractivity contribution in [2.24, 2.45) is 5.92 Å². The van der Waals surface area contributed by atoms with Crippen LogP contribution < -0.4 is 4.90 Å². The molecule has 1 aromatic heterocycles. The minimum atomic E-state index is -1.59. The van der Waals surface area contributed by atoms with Gasteiger partial charge in [-0.05, 0) is 25.2 Å². The maximum Gasteiger partial charge on any atom is 0.253 e. The summed E-state index contributed by atoms with van der Waals surface area (Å²) in [4.78, 5) is 3.96. The van der Waals surface area contributed by atoms with Crippen molar-refractivity contribution >= 4 is 5.69 Å². The molecule has 0 bridgehead atoms. The summed E-state index contributed by atoms with van der Waals surface area (Å²) in [5, 5.41) is 0. The summed E-state index contributed by atoms with van der Waals surface area (Å²) in [5.41, 5.74) is -0.623. The second-order valence-corrected chi connectivity index (χ2v) is 4.86. The largest absolute Gasteiger partial charge is 0.366 e. The fourth-order valence-corrected chi connectivity index (χ4v) is 2.55. The Bertz CT molecular complexity index is 438. The van der Waals surface area contributed by atoms with Gasteiger partial charge in [0.25, 0.3) is 11.9 Å². The maximum absolute atomic E-state index is 13.7. The highest BCUT2D eigenvalue weighted by atomic mass is 19.2. The molecule has 2 heterocycles. The van der Waals surface area contributed by atoms with Gasteiger partial charge in [0.1, 0.15) is 5.69 Å². The summed E-state index contributed by atoms with van der Waals surface area (Å²) in [6, 6.07) is 0. The first-order valence-electron chi connectivity index (χ1n) is 6.49. The van der Waals surface area contributed by atoms with Crippen LogP contribution in [0.4, 0.5) is 23.2 Å². The zero-order valence-corrected chi connectivity index (χ0v) is 10.7. The topological polar surface area (TPSA) is 16.1 Å². The zero-order valence-electron chi connectivity index (χ0n) is 10.7. The van der Waals surface area contributed by atoms with E-state index in [1.54, 1.807) is 0 Å². The zero-order chi connectivity index (χ0) is 14.0. The fraction of sp³-hybridized carbons (Fsp3) is 0.615. The molecular weight excluding hydrogens is 260 g/mol. The third-order valence-electron chi connectivity index (χ3n) is 3.72. The molecule has 0 spiro atoms. The molecule has 6 heteroatoms. The van der Waals surface area contributed by atoms with Gasteiger partial charge in [-0.15, -0.1) is 0 Å². The average molecular weight is 276 g/mol. The molecule has 19 heavy (non-hydrogen) atoms. The summed E-state index contributed by atoms with van der Waals surface area (Å²) in [6.45, 7) is 2.86. The van der Waals surface area contributed by atoms with Gasteiger partial charge in [0.05, 0.1) is 0 Å². The third-order valence-corrected chi connectivity index (χ3v) is 3.72. The molecule has 1 aromatic rings. The minimum Gasteiger partial charge on any atom is -0.366 e. The lowest BCUT2D eigenvalue weighted by Crippen LogP contribution is -2.27. The van der Waals surface area contributed by atoms with E-state index in [0.717, 1.165) is 25.7 Å². The summed E-state index contributed by atoms with van der Waals surface area (Å²) >= 11 is 0. The molecule has 2 nitrogen and oxygen atoms in total. The van der Waals surface area contributed by atoms with Crippen molar-refractivity contribution in [1.82, 2.24) is 4.98 Å². The lowest BCUT2D eigenvalue weighted by Gasteiger charge is -2.23. The Morgan fingerprint density at radius 1 is 1.05 bits per heavy atom. The number of rotatable bonds is 2. The molecule has 1 atom stereocenters. The molecule has 1 saturated heterocycles. The van der Waals surface area contributed by atoms with Crippen LogP contribution in [0, 0.1) is 29.4 Å². The summed E-state index contributed by atoms with van der Waals surface area (Å²) < 4.78 is 53.5. The van der Waals surface area contributed by atoms with E-state index in [1.165, 1.54) is 4.90 Å². The highest BCUT2D eigenvalue weighted by molar-refractivity contribution is 5.48. The maximum atomic E-state index is 13.7. The first-order valence-corrected chi connectivity index (χ1v) is 6.49. The lowest BCUT2D eigenvalue weighted by atomic mass is 9.98. The van der Waals surface area contributed by atoms with Crippen LogP contribution >= 0.6 is 0 Å². The van der Waals surface area contributed by atoms with E-state index in [1.807, 2.05) is 0 Å². The van der Waals surface area contributed by atoms with E-state index < -0.39 is 29.2 Å². The highest BCUT2D eigenvalue weighted by Gasteiger charge is 2.27. The first kappa shape index (κ1) is 14.1. The van der Waals surface area contributed by atoms with E-state index in [-0.39, 0.29) is 0 Å². The molecule has 1 aliphatic heterocycles. The van der Waals surface area contributed by atoms with E-state index in [2.05, 4.69) is 11.9 Å². The van der Waals surface area contributed by atoms with Crippen molar-refractivity contribution in [1.29, 1.82) is 0 Å². The van der Waals surface area contributed by atoms with Crippen LogP contribution in [0.2, 0.25) is 0 Å². The monoisotopic (exact) mass is 276 g/mol. The Morgan fingerprint density at radius 3 is 2.26 bits per heavy atom. The Labute approximate surface area is 109 Å². The van der Waals surface area contributed by atoms with Gasteiger partial charge in [0, 0.05) is 13.1 Å². The number of pyridine rings is 1. The second-order valence-electron chi connectivity index (χ2n) is 4.86. The van der Waals surface area contributed by atoms with Gasteiger partial charge in [-0.1, -0.05) is 13.3 Å². The lowest BCUT2D eigenvalue weighted by molar-refractivity contribution is 0.405. The molecule has 0 aliphatic carbocycles. The molecule has 1 unspecified atom stereocenters. The Morgan fingerprint density at radius 2 is 1.68 bits per heavy atom. The molecule has 0 N–H and O–H groups in total. The van der Waals surface area contributed by atoms with Crippen LogP contribution in [0.25, 0.3) is 0 Å². The van der Waals surface area contributed by atoms with Crippen LogP contribution in [-0.4, -0.2) is 18.1 Å². The van der Waals surface area contributed by atoms with Gasteiger partial charge in [-0.2, -0.15) is 22.5 Å². The van der Waals surface area contributed by atoms with E-state index in [9.17, 15) is 17.6 Å². The molecule has 106 valence electrons. The molecule has 2 rings (SSSR count). The molecular formula is C13H16F4N2. The first-order chi connectivity index (χ1) is 9.04. The van der Waals surface area contributed by atoms with Gasteiger partial charge >= 0.3 is 0 Å². The molecule has 0 saturated carbocycles. The molecule has 1 aliphatic rings. The van der Waals surface area contributed by atoms with Crippen LogP contribution in [0.15, 0.2) is 0 Å². The van der Waals surface area contributed by atoms with Crippen LogP contribution in [0.3, 0.4) is 0 Å².